The van der Waals surface area contributed by atoms with Gasteiger partial charge in [-0.15, -0.1) is 11.3 Å². The minimum atomic E-state index is -3.70. The predicted octanol–water partition coefficient (Wildman–Crippen LogP) is -0.767. The molecule has 0 fully saturated rings. The van der Waals surface area contributed by atoms with Crippen LogP contribution in [0.25, 0.3) is 0 Å². The number of aliphatic hydroxyl groups excluding tert-OH is 1. The van der Waals surface area contributed by atoms with Crippen LogP contribution in [0.4, 0.5) is 0 Å². The van der Waals surface area contributed by atoms with Gasteiger partial charge in [-0.05, 0) is 25.5 Å². The standard InChI is InChI=1S/C16H27N5O5S2/c1-3-4-7-28(25,26)21-12(9-22)16(24)20-10(2)15(23)19-8-11-5-6-13(27-11)14(17)18/h5-6,10,12,21-22H,3-4,7-9H2,1-2H3,(H3,17,18)(H,19,23)(H,20,24)/t10-,12?/m0/s1. The molecule has 10 nitrogen and oxygen atoms in total. The maximum Gasteiger partial charge on any atom is 0.242 e. The highest BCUT2D eigenvalue weighted by molar-refractivity contribution is 7.89. The number of thiophene rings is 1. The number of carbonyl (C=O) groups excluding carboxylic acids is 2. The molecule has 0 bridgehead atoms. The quantitative estimate of drug-likeness (QED) is 0.186. The summed E-state index contributed by atoms with van der Waals surface area (Å²) < 4.78 is 25.9. The molecule has 158 valence electrons. The molecule has 0 saturated carbocycles. The number of carbonyl (C=O) groups is 2. The summed E-state index contributed by atoms with van der Waals surface area (Å²) in [6, 6.07) is 1.11. The van der Waals surface area contributed by atoms with E-state index in [1.54, 1.807) is 12.1 Å². The number of nitrogens with two attached hydrogens (primary N) is 1. The van der Waals surface area contributed by atoms with Crippen LogP contribution >= 0.6 is 11.3 Å². The number of hydrogen-bond acceptors (Lipinski definition) is 7. The molecule has 0 spiro atoms. The minimum absolute atomic E-state index is 0.0559. The number of nitrogens with one attached hydrogen (secondary N) is 4. The lowest BCUT2D eigenvalue weighted by molar-refractivity contribution is -0.130. The number of hydrogen-bond donors (Lipinski definition) is 6. The molecule has 1 unspecified atom stereocenters. The third-order valence-electron chi connectivity index (χ3n) is 3.70. The first-order valence-corrected chi connectivity index (χ1v) is 11.2. The second-order valence-corrected chi connectivity index (χ2v) is 9.19. The summed E-state index contributed by atoms with van der Waals surface area (Å²) in [5, 5.41) is 21.7. The SMILES string of the molecule is CCCCS(=O)(=O)NC(CO)C(=O)N[C@@H](C)C(=O)NCc1ccc(C(=N)N)s1. The monoisotopic (exact) mass is 433 g/mol. The van der Waals surface area contributed by atoms with E-state index in [4.69, 9.17) is 11.1 Å². The van der Waals surface area contributed by atoms with Gasteiger partial charge in [-0.2, -0.15) is 0 Å². The Morgan fingerprint density at radius 1 is 1.32 bits per heavy atom. The molecule has 12 heteroatoms. The van der Waals surface area contributed by atoms with Gasteiger partial charge in [-0.3, -0.25) is 15.0 Å². The van der Waals surface area contributed by atoms with E-state index in [1.165, 1.54) is 18.3 Å². The number of aliphatic hydroxyl groups is 1. The normalized spacial score (nSPS) is 13.5. The van der Waals surface area contributed by atoms with E-state index in [0.717, 1.165) is 4.88 Å². The van der Waals surface area contributed by atoms with Gasteiger partial charge in [0, 0.05) is 4.88 Å². The molecule has 2 atom stereocenters. The number of rotatable bonds is 12. The lowest BCUT2D eigenvalue weighted by atomic mass is 10.2. The maximum atomic E-state index is 12.2. The van der Waals surface area contributed by atoms with Crippen LogP contribution in [-0.2, 0) is 26.2 Å². The summed E-state index contributed by atoms with van der Waals surface area (Å²) in [5.41, 5.74) is 5.39. The lowest BCUT2D eigenvalue weighted by Crippen LogP contribution is -2.54. The van der Waals surface area contributed by atoms with Gasteiger partial charge in [0.1, 0.15) is 17.9 Å². The fourth-order valence-corrected chi connectivity index (χ4v) is 4.32. The van der Waals surface area contributed by atoms with Crippen molar-refractivity contribution in [3.05, 3.63) is 21.9 Å². The van der Waals surface area contributed by atoms with E-state index < -0.39 is 40.5 Å². The molecule has 1 rings (SSSR count). The van der Waals surface area contributed by atoms with Gasteiger partial charge in [0.05, 0.1) is 23.8 Å². The molecular weight excluding hydrogens is 406 g/mol. The third-order valence-corrected chi connectivity index (χ3v) is 6.29. The van der Waals surface area contributed by atoms with Crippen molar-refractivity contribution in [2.75, 3.05) is 12.4 Å². The average molecular weight is 434 g/mol. The molecule has 0 aliphatic rings. The zero-order valence-corrected chi connectivity index (χ0v) is 17.5. The summed E-state index contributed by atoms with van der Waals surface area (Å²) in [7, 11) is -3.70. The molecule has 0 saturated heterocycles. The van der Waals surface area contributed by atoms with E-state index >= 15 is 0 Å². The molecule has 28 heavy (non-hydrogen) atoms. The topological polar surface area (TPSA) is 174 Å². The van der Waals surface area contributed by atoms with Crippen LogP contribution in [0.15, 0.2) is 12.1 Å². The Hall–Kier alpha value is -2.02. The number of unbranched alkanes of at least 4 members (excludes halogenated alkanes) is 1. The van der Waals surface area contributed by atoms with Crippen molar-refractivity contribution in [2.45, 2.75) is 45.3 Å². The second-order valence-electron chi connectivity index (χ2n) is 6.15. The summed E-state index contributed by atoms with van der Waals surface area (Å²) in [6.07, 6.45) is 1.11. The Kier molecular flexibility index (Phi) is 9.52. The fraction of sp³-hybridized carbons (Fsp3) is 0.562. The highest BCUT2D eigenvalue weighted by atomic mass is 32.2. The molecule has 1 heterocycles. The largest absolute Gasteiger partial charge is 0.394 e. The van der Waals surface area contributed by atoms with Gasteiger partial charge in [0.15, 0.2) is 0 Å². The van der Waals surface area contributed by atoms with Crippen molar-refractivity contribution < 1.29 is 23.1 Å². The highest BCUT2D eigenvalue weighted by Gasteiger charge is 2.26. The van der Waals surface area contributed by atoms with Gasteiger partial charge in [0.2, 0.25) is 21.8 Å². The number of nitrogen functional groups attached to an aromatic ring is 1. The van der Waals surface area contributed by atoms with E-state index in [2.05, 4.69) is 15.4 Å². The Balaban J connectivity index is 2.55. The molecule has 2 amide bonds. The summed E-state index contributed by atoms with van der Waals surface area (Å²) in [6.45, 7) is 2.75. The van der Waals surface area contributed by atoms with Crippen molar-refractivity contribution >= 4 is 39.0 Å². The zero-order valence-electron chi connectivity index (χ0n) is 15.8. The van der Waals surface area contributed by atoms with Crippen LogP contribution in [0.3, 0.4) is 0 Å². The molecule has 0 aliphatic heterocycles. The van der Waals surface area contributed by atoms with Crippen LogP contribution in [-0.4, -0.2) is 55.6 Å². The molecule has 0 aliphatic carbocycles. The van der Waals surface area contributed by atoms with Crippen LogP contribution in [0.5, 0.6) is 0 Å². The molecule has 0 aromatic carbocycles. The zero-order chi connectivity index (χ0) is 21.3. The predicted molar refractivity (Wildman–Crippen MR) is 107 cm³/mol. The summed E-state index contributed by atoms with van der Waals surface area (Å²) in [5.74, 6) is -1.47. The Morgan fingerprint density at radius 2 is 2.00 bits per heavy atom. The van der Waals surface area contributed by atoms with Crippen LogP contribution in [0.1, 0.15) is 36.4 Å². The van der Waals surface area contributed by atoms with E-state index in [0.29, 0.717) is 17.7 Å². The second kappa shape index (κ2) is 11.1. The van der Waals surface area contributed by atoms with E-state index in [1.807, 2.05) is 6.92 Å². The molecule has 7 N–H and O–H groups in total. The van der Waals surface area contributed by atoms with Crippen molar-refractivity contribution in [2.24, 2.45) is 5.73 Å². The smallest absolute Gasteiger partial charge is 0.242 e. The van der Waals surface area contributed by atoms with Gasteiger partial charge >= 0.3 is 0 Å². The van der Waals surface area contributed by atoms with Crippen molar-refractivity contribution in [3.63, 3.8) is 0 Å². The first kappa shape index (κ1) is 24.0. The van der Waals surface area contributed by atoms with Crippen LogP contribution in [0, 0.1) is 5.41 Å². The first-order valence-electron chi connectivity index (χ1n) is 8.71. The van der Waals surface area contributed by atoms with Crippen molar-refractivity contribution in [1.82, 2.24) is 15.4 Å². The molecule has 1 aromatic heterocycles. The fourth-order valence-electron chi connectivity index (χ4n) is 2.11. The van der Waals surface area contributed by atoms with Crippen molar-refractivity contribution in [3.8, 4) is 0 Å². The van der Waals surface area contributed by atoms with Gasteiger partial charge in [-0.1, -0.05) is 13.3 Å². The molecule has 0 radical (unpaired) electrons. The Bertz CT molecular complexity index is 793. The minimum Gasteiger partial charge on any atom is -0.394 e. The third kappa shape index (κ3) is 7.92. The first-order chi connectivity index (χ1) is 13.1. The summed E-state index contributed by atoms with van der Waals surface area (Å²) >= 11 is 1.27. The Morgan fingerprint density at radius 3 is 2.54 bits per heavy atom. The molecular formula is C16H27N5O5S2. The number of amides is 2. The van der Waals surface area contributed by atoms with E-state index in [-0.39, 0.29) is 18.1 Å². The highest BCUT2D eigenvalue weighted by Crippen LogP contribution is 2.15. The van der Waals surface area contributed by atoms with Crippen molar-refractivity contribution in [1.29, 1.82) is 5.41 Å². The van der Waals surface area contributed by atoms with E-state index in [9.17, 15) is 23.1 Å². The van der Waals surface area contributed by atoms with Gasteiger partial charge in [0.25, 0.3) is 0 Å². The van der Waals surface area contributed by atoms with Crippen LogP contribution < -0.4 is 21.1 Å². The Labute approximate surface area is 168 Å². The molecule has 1 aromatic rings. The number of sulfonamides is 1. The maximum absolute atomic E-state index is 12.2. The van der Waals surface area contributed by atoms with Crippen LogP contribution in [0.2, 0.25) is 0 Å². The van der Waals surface area contributed by atoms with Gasteiger partial charge in [-0.25, -0.2) is 13.1 Å². The lowest BCUT2D eigenvalue weighted by Gasteiger charge is -2.19. The van der Waals surface area contributed by atoms with Gasteiger partial charge < -0.3 is 21.5 Å². The average Bonchev–Trinajstić information content (AvgIpc) is 3.11. The summed E-state index contributed by atoms with van der Waals surface area (Å²) in [4.78, 5) is 25.7. The number of amidine groups is 1.